The van der Waals surface area contributed by atoms with Crippen molar-refractivity contribution < 1.29 is 13.6 Å². The zero-order valence-corrected chi connectivity index (χ0v) is 18.6. The van der Waals surface area contributed by atoms with Crippen LogP contribution in [0.3, 0.4) is 0 Å². The molecule has 1 amide bonds. The van der Waals surface area contributed by atoms with Crippen molar-refractivity contribution in [2.75, 3.05) is 31.9 Å². The molecule has 1 fully saturated rings. The second-order valence-corrected chi connectivity index (χ2v) is 8.72. The topological polar surface area (TPSA) is 62.5 Å². The summed E-state index contributed by atoms with van der Waals surface area (Å²) >= 11 is 7.36. The molecule has 4 rings (SSSR count). The first-order valence-electron chi connectivity index (χ1n) is 9.96. The SMILES string of the molecule is Cc1ccc(-c2nnc(SCC(=O)N3CCN(Cc4c(F)cccc4Cl)CC3)o2)cc1. The van der Waals surface area contributed by atoms with E-state index >= 15 is 0 Å². The highest BCUT2D eigenvalue weighted by Crippen LogP contribution is 2.24. The van der Waals surface area contributed by atoms with Crippen LogP contribution in [0.15, 0.2) is 52.1 Å². The molecule has 162 valence electrons. The van der Waals surface area contributed by atoms with Gasteiger partial charge in [0.05, 0.1) is 5.75 Å². The van der Waals surface area contributed by atoms with Gasteiger partial charge in [-0.15, -0.1) is 10.2 Å². The maximum atomic E-state index is 14.0. The average Bonchev–Trinajstić information content (AvgIpc) is 3.25. The smallest absolute Gasteiger partial charge is 0.277 e. The first-order chi connectivity index (χ1) is 15.0. The molecule has 0 atom stereocenters. The number of halogens is 2. The summed E-state index contributed by atoms with van der Waals surface area (Å²) in [4.78, 5) is 16.5. The van der Waals surface area contributed by atoms with Crippen molar-refractivity contribution >= 4 is 29.3 Å². The molecule has 0 unspecified atom stereocenters. The summed E-state index contributed by atoms with van der Waals surface area (Å²) in [6.07, 6.45) is 0. The molecular weight excluding hydrogens is 439 g/mol. The fourth-order valence-corrected chi connectivity index (χ4v) is 4.25. The molecule has 9 heteroatoms. The van der Waals surface area contributed by atoms with E-state index < -0.39 is 0 Å². The van der Waals surface area contributed by atoms with E-state index in [1.165, 1.54) is 17.8 Å². The first kappa shape index (κ1) is 21.8. The number of amides is 1. The van der Waals surface area contributed by atoms with Gasteiger partial charge in [0, 0.05) is 48.9 Å². The van der Waals surface area contributed by atoms with Gasteiger partial charge in [0.25, 0.3) is 5.22 Å². The Morgan fingerprint density at radius 1 is 1.13 bits per heavy atom. The summed E-state index contributed by atoms with van der Waals surface area (Å²) < 4.78 is 19.7. The third-order valence-corrected chi connectivity index (χ3v) is 6.35. The van der Waals surface area contributed by atoms with Gasteiger partial charge in [-0.1, -0.05) is 47.1 Å². The molecule has 3 aromatic rings. The molecule has 6 nitrogen and oxygen atoms in total. The molecular formula is C22H22ClFN4O2S. The van der Waals surface area contributed by atoms with E-state index in [0.29, 0.717) is 54.4 Å². The maximum absolute atomic E-state index is 14.0. The maximum Gasteiger partial charge on any atom is 0.277 e. The van der Waals surface area contributed by atoms with Gasteiger partial charge in [-0.25, -0.2) is 4.39 Å². The van der Waals surface area contributed by atoms with E-state index in [-0.39, 0.29) is 17.5 Å². The number of hydrogen-bond acceptors (Lipinski definition) is 6. The third kappa shape index (κ3) is 5.44. The van der Waals surface area contributed by atoms with Crippen LogP contribution in [0.1, 0.15) is 11.1 Å². The van der Waals surface area contributed by atoms with Crippen molar-refractivity contribution in [1.29, 1.82) is 0 Å². The van der Waals surface area contributed by atoms with Crippen LogP contribution in [-0.4, -0.2) is 57.8 Å². The Labute approximate surface area is 189 Å². The second kappa shape index (κ2) is 9.80. The Balaban J connectivity index is 1.25. The molecule has 0 bridgehead atoms. The molecule has 2 heterocycles. The highest BCUT2D eigenvalue weighted by molar-refractivity contribution is 7.99. The lowest BCUT2D eigenvalue weighted by Crippen LogP contribution is -2.48. The van der Waals surface area contributed by atoms with Crippen LogP contribution < -0.4 is 0 Å². The predicted molar refractivity (Wildman–Crippen MR) is 118 cm³/mol. The van der Waals surface area contributed by atoms with Gasteiger partial charge < -0.3 is 9.32 Å². The van der Waals surface area contributed by atoms with Crippen LogP contribution in [0.2, 0.25) is 5.02 Å². The average molecular weight is 461 g/mol. The van der Waals surface area contributed by atoms with Crippen molar-refractivity contribution in [3.05, 3.63) is 64.4 Å². The molecule has 0 aliphatic carbocycles. The third-order valence-electron chi connectivity index (χ3n) is 5.19. The fourth-order valence-electron chi connectivity index (χ4n) is 3.36. The Kier molecular flexibility index (Phi) is 6.89. The Hall–Kier alpha value is -2.42. The highest BCUT2D eigenvalue weighted by Gasteiger charge is 2.23. The van der Waals surface area contributed by atoms with Crippen LogP contribution in [0.5, 0.6) is 0 Å². The van der Waals surface area contributed by atoms with Gasteiger partial charge in [0.2, 0.25) is 11.8 Å². The van der Waals surface area contributed by atoms with Crippen molar-refractivity contribution in [3.8, 4) is 11.5 Å². The van der Waals surface area contributed by atoms with Gasteiger partial charge in [-0.3, -0.25) is 9.69 Å². The van der Waals surface area contributed by atoms with E-state index in [4.69, 9.17) is 16.0 Å². The second-order valence-electron chi connectivity index (χ2n) is 7.38. The highest BCUT2D eigenvalue weighted by atomic mass is 35.5. The number of carbonyl (C=O) groups is 1. The molecule has 0 radical (unpaired) electrons. The number of piperazine rings is 1. The fraction of sp³-hybridized carbons (Fsp3) is 0.318. The lowest BCUT2D eigenvalue weighted by atomic mass is 10.1. The quantitative estimate of drug-likeness (QED) is 0.512. The van der Waals surface area contributed by atoms with E-state index in [1.54, 1.807) is 12.1 Å². The van der Waals surface area contributed by atoms with Gasteiger partial charge >= 0.3 is 0 Å². The Bertz CT molecular complexity index is 1030. The molecule has 31 heavy (non-hydrogen) atoms. The summed E-state index contributed by atoms with van der Waals surface area (Å²) in [6.45, 7) is 4.96. The first-order valence-corrected chi connectivity index (χ1v) is 11.3. The molecule has 2 aromatic carbocycles. The number of aryl methyl sites for hydroxylation is 1. The minimum atomic E-state index is -0.299. The Morgan fingerprint density at radius 2 is 1.87 bits per heavy atom. The van der Waals surface area contributed by atoms with Crippen molar-refractivity contribution in [2.24, 2.45) is 0 Å². The van der Waals surface area contributed by atoms with E-state index in [2.05, 4.69) is 15.1 Å². The van der Waals surface area contributed by atoms with Crippen LogP contribution in [-0.2, 0) is 11.3 Å². The van der Waals surface area contributed by atoms with Gasteiger partial charge in [0.1, 0.15) is 5.82 Å². The molecule has 0 N–H and O–H groups in total. The minimum absolute atomic E-state index is 0.0173. The van der Waals surface area contributed by atoms with Gasteiger partial charge in [-0.05, 0) is 31.2 Å². The number of thioether (sulfide) groups is 1. The van der Waals surface area contributed by atoms with E-state index in [1.807, 2.05) is 36.1 Å². The largest absolute Gasteiger partial charge is 0.411 e. The van der Waals surface area contributed by atoms with Gasteiger partial charge in [-0.2, -0.15) is 0 Å². The van der Waals surface area contributed by atoms with Crippen LogP contribution in [0.4, 0.5) is 4.39 Å². The van der Waals surface area contributed by atoms with Crippen molar-refractivity contribution in [1.82, 2.24) is 20.0 Å². The zero-order chi connectivity index (χ0) is 21.8. The van der Waals surface area contributed by atoms with Crippen LogP contribution in [0.25, 0.3) is 11.5 Å². The molecule has 1 aromatic heterocycles. The number of benzene rings is 2. The molecule has 1 aliphatic heterocycles. The molecule has 0 saturated carbocycles. The van der Waals surface area contributed by atoms with Crippen molar-refractivity contribution in [2.45, 2.75) is 18.7 Å². The van der Waals surface area contributed by atoms with E-state index in [0.717, 1.165) is 11.1 Å². The standard InChI is InChI=1S/C22H22ClFN4O2S/c1-15-5-7-16(8-6-15)21-25-26-22(30-21)31-14-20(29)28-11-9-27(10-12-28)13-17-18(23)3-2-4-19(17)24/h2-8H,9-14H2,1H3. The summed E-state index contributed by atoms with van der Waals surface area (Å²) in [6, 6.07) is 12.5. The summed E-state index contributed by atoms with van der Waals surface area (Å²) in [5.41, 5.74) is 2.50. The van der Waals surface area contributed by atoms with Crippen LogP contribution in [0, 0.1) is 12.7 Å². The number of hydrogen-bond donors (Lipinski definition) is 0. The monoisotopic (exact) mass is 460 g/mol. The lowest BCUT2D eigenvalue weighted by molar-refractivity contribution is -0.130. The number of carbonyl (C=O) groups excluding carboxylic acids is 1. The summed E-state index contributed by atoms with van der Waals surface area (Å²) in [5, 5.41) is 8.89. The van der Waals surface area contributed by atoms with Gasteiger partial charge in [0.15, 0.2) is 0 Å². The Morgan fingerprint density at radius 3 is 2.58 bits per heavy atom. The molecule has 1 aliphatic rings. The number of aromatic nitrogens is 2. The predicted octanol–water partition coefficient (Wildman–Crippen LogP) is 4.27. The molecule has 0 spiro atoms. The van der Waals surface area contributed by atoms with Crippen LogP contribution >= 0.6 is 23.4 Å². The lowest BCUT2D eigenvalue weighted by Gasteiger charge is -2.34. The van der Waals surface area contributed by atoms with E-state index in [9.17, 15) is 9.18 Å². The minimum Gasteiger partial charge on any atom is -0.411 e. The summed E-state index contributed by atoms with van der Waals surface area (Å²) in [5.74, 6) is 0.389. The molecule has 1 saturated heterocycles. The number of nitrogens with zero attached hydrogens (tertiary/aromatic N) is 4. The number of rotatable bonds is 6. The zero-order valence-electron chi connectivity index (χ0n) is 17.1. The summed E-state index contributed by atoms with van der Waals surface area (Å²) in [7, 11) is 0. The van der Waals surface area contributed by atoms with Crippen molar-refractivity contribution in [3.63, 3.8) is 0 Å². The normalized spacial score (nSPS) is 14.7.